The number of nitriles is 1. The van der Waals surface area contributed by atoms with Crippen LogP contribution in [0.4, 0.5) is 4.39 Å². The minimum absolute atomic E-state index is 0.273. The fourth-order valence-electron chi connectivity index (χ4n) is 8.15. The van der Waals surface area contributed by atoms with Crippen molar-refractivity contribution < 1.29 is 4.39 Å². The Balaban J connectivity index is 1.31. The summed E-state index contributed by atoms with van der Waals surface area (Å²) >= 11 is 0. The van der Waals surface area contributed by atoms with Crippen molar-refractivity contribution >= 4 is 54.1 Å². The second-order valence-electron chi connectivity index (χ2n) is 12.9. The van der Waals surface area contributed by atoms with Crippen LogP contribution in [0.2, 0.25) is 0 Å². The lowest BCUT2D eigenvalue weighted by Gasteiger charge is -2.19. The van der Waals surface area contributed by atoms with E-state index < -0.39 is 0 Å². The van der Waals surface area contributed by atoms with E-state index in [0.29, 0.717) is 5.56 Å². The molecule has 2 nitrogen and oxygen atoms in total. The van der Waals surface area contributed by atoms with Crippen LogP contribution in [0, 0.1) is 17.1 Å². The molecule has 0 aliphatic carbocycles. The van der Waals surface area contributed by atoms with Crippen LogP contribution in [0.3, 0.4) is 0 Å². The number of benzene rings is 9. The average Bonchev–Trinajstić information content (AvgIpc) is 3.52. The topological polar surface area (TPSA) is 28.7 Å². The van der Waals surface area contributed by atoms with Crippen LogP contribution in [-0.2, 0) is 0 Å². The van der Waals surface area contributed by atoms with Gasteiger partial charge >= 0.3 is 0 Å². The molecule has 1 heterocycles. The second kappa shape index (κ2) is 10.9. The monoisotopic (exact) mass is 638 g/mol. The predicted molar refractivity (Wildman–Crippen MR) is 205 cm³/mol. The van der Waals surface area contributed by atoms with E-state index in [1.165, 1.54) is 55.9 Å². The molecule has 0 unspecified atom stereocenters. The third-order valence-electron chi connectivity index (χ3n) is 10.3. The number of rotatable bonds is 4. The van der Waals surface area contributed by atoms with Gasteiger partial charge in [0.05, 0.1) is 22.7 Å². The summed E-state index contributed by atoms with van der Waals surface area (Å²) in [6, 6.07) is 58.6. The first-order valence-electron chi connectivity index (χ1n) is 16.8. The third-order valence-corrected chi connectivity index (χ3v) is 10.3. The van der Waals surface area contributed by atoms with Crippen molar-refractivity contribution in [1.82, 2.24) is 4.57 Å². The van der Waals surface area contributed by atoms with E-state index >= 15 is 0 Å². The van der Waals surface area contributed by atoms with Crippen molar-refractivity contribution in [3.8, 4) is 45.1 Å². The fourth-order valence-corrected chi connectivity index (χ4v) is 8.15. The second-order valence-corrected chi connectivity index (χ2v) is 12.9. The zero-order valence-electron chi connectivity index (χ0n) is 26.9. The molecule has 0 bridgehead atoms. The molecule has 10 aromatic rings. The number of aromatic nitrogens is 1. The van der Waals surface area contributed by atoms with Crippen molar-refractivity contribution in [2.24, 2.45) is 0 Å². The lowest BCUT2D eigenvalue weighted by Crippen LogP contribution is -1.94. The summed E-state index contributed by atoms with van der Waals surface area (Å²) in [5.74, 6) is -0.273. The molecule has 0 spiro atoms. The molecule has 0 N–H and O–H groups in total. The maximum atomic E-state index is 14.0. The minimum Gasteiger partial charge on any atom is -0.309 e. The van der Waals surface area contributed by atoms with Gasteiger partial charge in [-0.3, -0.25) is 0 Å². The molecular formula is C47H27FN2. The summed E-state index contributed by atoms with van der Waals surface area (Å²) in [7, 11) is 0. The SMILES string of the molecule is N#Cc1ccc2c3c1ccc1c(-c4ccc5c(-c6ccccc6)c6ccccc6c(-c6ccccc6)c5c4)ccc(c13)n2-c1ccc(F)cc1. The summed E-state index contributed by atoms with van der Waals surface area (Å²) in [5, 5.41) is 19.1. The van der Waals surface area contributed by atoms with Crippen molar-refractivity contribution in [3.05, 3.63) is 175 Å². The van der Waals surface area contributed by atoms with E-state index in [-0.39, 0.29) is 5.82 Å². The zero-order chi connectivity index (χ0) is 33.3. The highest BCUT2D eigenvalue weighted by Gasteiger charge is 2.22. The van der Waals surface area contributed by atoms with Gasteiger partial charge < -0.3 is 4.57 Å². The summed E-state index contributed by atoms with van der Waals surface area (Å²) in [4.78, 5) is 0. The molecule has 0 fully saturated rings. The van der Waals surface area contributed by atoms with Crippen molar-refractivity contribution in [2.45, 2.75) is 0 Å². The molecule has 232 valence electrons. The smallest absolute Gasteiger partial charge is 0.123 e. The van der Waals surface area contributed by atoms with Crippen LogP contribution in [0.15, 0.2) is 164 Å². The minimum atomic E-state index is -0.273. The van der Waals surface area contributed by atoms with Crippen LogP contribution in [0.25, 0.3) is 93.2 Å². The van der Waals surface area contributed by atoms with Crippen LogP contribution in [0.5, 0.6) is 0 Å². The van der Waals surface area contributed by atoms with Gasteiger partial charge in [-0.05, 0) is 109 Å². The van der Waals surface area contributed by atoms with Gasteiger partial charge in [0.2, 0.25) is 0 Å². The van der Waals surface area contributed by atoms with Crippen molar-refractivity contribution in [3.63, 3.8) is 0 Å². The Kier molecular flexibility index (Phi) is 6.15. The van der Waals surface area contributed by atoms with Crippen molar-refractivity contribution in [2.75, 3.05) is 0 Å². The first-order valence-corrected chi connectivity index (χ1v) is 16.8. The van der Waals surface area contributed by atoms with E-state index in [0.717, 1.165) is 49.4 Å². The highest BCUT2D eigenvalue weighted by molar-refractivity contribution is 6.28. The normalized spacial score (nSPS) is 11.7. The maximum absolute atomic E-state index is 14.0. The highest BCUT2D eigenvalue weighted by Crippen LogP contribution is 2.47. The number of nitrogens with zero attached hydrogens (tertiary/aromatic N) is 2. The van der Waals surface area contributed by atoms with E-state index in [2.05, 4.69) is 138 Å². The Morgan fingerprint density at radius 3 is 1.64 bits per heavy atom. The maximum Gasteiger partial charge on any atom is 0.123 e. The molecule has 0 aliphatic rings. The van der Waals surface area contributed by atoms with Crippen molar-refractivity contribution in [1.29, 1.82) is 5.26 Å². The van der Waals surface area contributed by atoms with Gasteiger partial charge in [0, 0.05) is 21.8 Å². The third kappa shape index (κ3) is 4.06. The fraction of sp³-hybridized carbons (Fsp3) is 0. The molecule has 0 atom stereocenters. The van der Waals surface area contributed by atoms with E-state index in [9.17, 15) is 9.65 Å². The van der Waals surface area contributed by atoms with Gasteiger partial charge in [-0.1, -0.05) is 115 Å². The van der Waals surface area contributed by atoms with E-state index in [1.54, 1.807) is 0 Å². The Morgan fingerprint density at radius 2 is 0.980 bits per heavy atom. The van der Waals surface area contributed by atoms with Gasteiger partial charge in [-0.25, -0.2) is 4.39 Å². The Morgan fingerprint density at radius 1 is 0.440 bits per heavy atom. The van der Waals surface area contributed by atoms with Crippen LogP contribution >= 0.6 is 0 Å². The largest absolute Gasteiger partial charge is 0.309 e. The number of hydrogen-bond donors (Lipinski definition) is 0. The molecule has 0 saturated carbocycles. The quantitative estimate of drug-likeness (QED) is 0.139. The summed E-state index contributed by atoms with van der Waals surface area (Å²) in [6.45, 7) is 0. The molecule has 0 amide bonds. The molecule has 0 saturated heterocycles. The van der Waals surface area contributed by atoms with Gasteiger partial charge in [0.25, 0.3) is 0 Å². The standard InChI is InChI=1S/C47H27FN2/c48-33-17-19-34(20-18-33)50-42-25-16-32(28-49)36-22-23-39-35(24-26-43(50)47(39)46(36)42)31-15-21-40-41(27-31)45(30-11-5-2-6-12-30)38-14-8-7-13-37(38)44(40)29-9-3-1-4-10-29/h1-27H. The van der Waals surface area contributed by atoms with Gasteiger partial charge in [0.1, 0.15) is 5.82 Å². The average molecular weight is 639 g/mol. The van der Waals surface area contributed by atoms with Crippen LogP contribution in [-0.4, -0.2) is 4.57 Å². The number of hydrogen-bond acceptors (Lipinski definition) is 1. The first kappa shape index (κ1) is 28.3. The Labute approximate surface area is 287 Å². The van der Waals surface area contributed by atoms with Gasteiger partial charge in [0.15, 0.2) is 0 Å². The molecule has 9 aromatic carbocycles. The zero-order valence-corrected chi connectivity index (χ0v) is 26.9. The Bertz CT molecular complexity index is 2970. The molecule has 3 heteroatoms. The van der Waals surface area contributed by atoms with Crippen LogP contribution < -0.4 is 0 Å². The highest BCUT2D eigenvalue weighted by atomic mass is 19.1. The van der Waals surface area contributed by atoms with Gasteiger partial charge in [-0.2, -0.15) is 5.26 Å². The molecule has 0 aliphatic heterocycles. The summed E-state index contributed by atoms with van der Waals surface area (Å²) < 4.78 is 16.2. The lowest BCUT2D eigenvalue weighted by atomic mass is 9.84. The molecule has 10 rings (SSSR count). The molecule has 0 radical (unpaired) electrons. The van der Waals surface area contributed by atoms with Crippen LogP contribution in [0.1, 0.15) is 5.56 Å². The van der Waals surface area contributed by atoms with Gasteiger partial charge in [-0.15, -0.1) is 0 Å². The van der Waals surface area contributed by atoms with E-state index in [1.807, 2.05) is 24.3 Å². The first-order chi connectivity index (χ1) is 24.7. The molecule has 1 aromatic heterocycles. The summed E-state index contributed by atoms with van der Waals surface area (Å²) in [5.41, 5.74) is 10.6. The Hall–Kier alpha value is -6.76. The lowest BCUT2D eigenvalue weighted by molar-refractivity contribution is 0.627. The predicted octanol–water partition coefficient (Wildman–Crippen LogP) is 12.7. The molecule has 50 heavy (non-hydrogen) atoms. The number of halogens is 1. The summed E-state index contributed by atoms with van der Waals surface area (Å²) in [6.07, 6.45) is 0. The van der Waals surface area contributed by atoms with E-state index in [4.69, 9.17) is 0 Å². The number of fused-ring (bicyclic) bond motifs is 2. The molecular weight excluding hydrogens is 612 g/mol.